The molecule has 0 radical (unpaired) electrons. The molecule has 2 fully saturated rings. The second kappa shape index (κ2) is 13.1. The number of ether oxygens (including phenoxy) is 2. The summed E-state index contributed by atoms with van der Waals surface area (Å²) in [6, 6.07) is 10.3. The van der Waals surface area contributed by atoms with Crippen molar-refractivity contribution in [3.8, 4) is 11.9 Å². The van der Waals surface area contributed by atoms with Crippen molar-refractivity contribution in [1.82, 2.24) is 25.2 Å². The van der Waals surface area contributed by atoms with E-state index in [4.69, 9.17) is 9.47 Å². The lowest BCUT2D eigenvalue weighted by Gasteiger charge is -2.33. The van der Waals surface area contributed by atoms with E-state index >= 15 is 0 Å². The molecule has 1 N–H and O–H groups in total. The molecule has 3 aliphatic rings. The first-order valence-electron chi connectivity index (χ1n) is 15.6. The number of amides is 1. The van der Waals surface area contributed by atoms with E-state index in [1.165, 1.54) is 38.5 Å². The van der Waals surface area contributed by atoms with Gasteiger partial charge in [0.1, 0.15) is 0 Å². The number of benzene rings is 1. The number of hydrogen-bond donors (Lipinski definition) is 1. The van der Waals surface area contributed by atoms with E-state index in [0.717, 1.165) is 86.4 Å². The molecule has 2 saturated carbocycles. The fraction of sp³-hybridized carbons (Fsp3) is 0.576. The van der Waals surface area contributed by atoms with Crippen LogP contribution in [0.2, 0.25) is 0 Å². The number of aromatic nitrogens is 3. The van der Waals surface area contributed by atoms with Gasteiger partial charge in [0.2, 0.25) is 5.88 Å². The zero-order valence-electron chi connectivity index (χ0n) is 24.3. The quantitative estimate of drug-likeness (QED) is 0.359. The molecular formula is C33H43N5O3. The molecule has 0 atom stereocenters. The van der Waals surface area contributed by atoms with E-state index < -0.39 is 0 Å². The number of nitrogens with zero attached hydrogens (tertiary/aromatic N) is 4. The fourth-order valence-corrected chi connectivity index (χ4v) is 6.90. The van der Waals surface area contributed by atoms with Gasteiger partial charge < -0.3 is 14.8 Å². The number of pyridine rings is 1. The van der Waals surface area contributed by atoms with Crippen molar-refractivity contribution in [1.29, 1.82) is 0 Å². The Morgan fingerprint density at radius 2 is 1.85 bits per heavy atom. The summed E-state index contributed by atoms with van der Waals surface area (Å²) in [7, 11) is 1.63. The van der Waals surface area contributed by atoms with Crippen molar-refractivity contribution in [3.63, 3.8) is 0 Å². The third-order valence-corrected chi connectivity index (χ3v) is 9.37. The first-order valence-corrected chi connectivity index (χ1v) is 15.6. The molecule has 0 spiro atoms. The van der Waals surface area contributed by atoms with Crippen LogP contribution in [-0.2, 0) is 13.0 Å². The summed E-state index contributed by atoms with van der Waals surface area (Å²) >= 11 is 0. The summed E-state index contributed by atoms with van der Waals surface area (Å²) in [6.07, 6.45) is 14.7. The molecule has 0 unspecified atom stereocenters. The molecule has 2 aromatic heterocycles. The van der Waals surface area contributed by atoms with Crippen molar-refractivity contribution >= 4 is 16.8 Å². The zero-order valence-corrected chi connectivity index (χ0v) is 24.3. The monoisotopic (exact) mass is 557 g/mol. The van der Waals surface area contributed by atoms with Gasteiger partial charge in [-0.05, 0) is 81.5 Å². The normalized spacial score (nSPS) is 21.8. The SMILES string of the molecule is COc1nc2c(c(OCC3CCCCC3)n1)CN(CCC1CCC(NC(=O)c3cccc4ncccc34)CC1)CC2. The zero-order chi connectivity index (χ0) is 28.0. The number of carbonyl (C=O) groups excluding carboxylic acids is 1. The van der Waals surface area contributed by atoms with Gasteiger partial charge in [0, 0.05) is 42.7 Å². The molecule has 2 aliphatic carbocycles. The number of hydrogen-bond acceptors (Lipinski definition) is 7. The van der Waals surface area contributed by atoms with Crippen LogP contribution in [0.25, 0.3) is 10.9 Å². The van der Waals surface area contributed by atoms with Gasteiger partial charge in [-0.15, -0.1) is 0 Å². The minimum Gasteiger partial charge on any atom is -0.477 e. The van der Waals surface area contributed by atoms with Crippen LogP contribution in [0.1, 0.15) is 85.8 Å². The van der Waals surface area contributed by atoms with E-state index in [0.29, 0.717) is 23.4 Å². The van der Waals surface area contributed by atoms with Crippen molar-refractivity contribution < 1.29 is 14.3 Å². The molecule has 0 saturated heterocycles. The Balaban J connectivity index is 0.991. The van der Waals surface area contributed by atoms with Crippen LogP contribution in [0.3, 0.4) is 0 Å². The van der Waals surface area contributed by atoms with Gasteiger partial charge in [0.15, 0.2) is 0 Å². The molecule has 1 amide bonds. The lowest BCUT2D eigenvalue weighted by atomic mass is 9.83. The Hall–Kier alpha value is -3.26. The lowest BCUT2D eigenvalue weighted by molar-refractivity contribution is 0.0921. The molecule has 6 rings (SSSR count). The summed E-state index contributed by atoms with van der Waals surface area (Å²) in [6.45, 7) is 3.65. The summed E-state index contributed by atoms with van der Waals surface area (Å²) in [5.41, 5.74) is 3.79. The first-order chi connectivity index (χ1) is 20.2. The topological polar surface area (TPSA) is 89.5 Å². The van der Waals surface area contributed by atoms with E-state index in [2.05, 4.69) is 25.2 Å². The minimum atomic E-state index is 0.0133. The van der Waals surface area contributed by atoms with Gasteiger partial charge in [0.05, 0.1) is 30.5 Å². The van der Waals surface area contributed by atoms with Crippen LogP contribution >= 0.6 is 0 Å². The Labute approximate surface area is 243 Å². The van der Waals surface area contributed by atoms with E-state index in [1.807, 2.05) is 30.3 Å². The lowest BCUT2D eigenvalue weighted by Crippen LogP contribution is -2.38. The van der Waals surface area contributed by atoms with E-state index in [-0.39, 0.29) is 11.9 Å². The summed E-state index contributed by atoms with van der Waals surface area (Å²) in [5, 5.41) is 4.21. The van der Waals surface area contributed by atoms with Crippen LogP contribution in [0.15, 0.2) is 36.5 Å². The maximum atomic E-state index is 13.1. The average Bonchev–Trinajstić information content (AvgIpc) is 3.03. The number of nitrogens with one attached hydrogen (secondary N) is 1. The summed E-state index contributed by atoms with van der Waals surface area (Å²) in [5.74, 6) is 2.06. The Morgan fingerprint density at radius 3 is 2.68 bits per heavy atom. The van der Waals surface area contributed by atoms with E-state index in [1.54, 1.807) is 13.3 Å². The molecule has 8 heteroatoms. The van der Waals surface area contributed by atoms with Gasteiger partial charge in [-0.25, -0.2) is 0 Å². The van der Waals surface area contributed by atoms with Gasteiger partial charge in [-0.1, -0.05) is 31.4 Å². The van der Waals surface area contributed by atoms with Crippen molar-refractivity contribution in [3.05, 3.63) is 53.3 Å². The Morgan fingerprint density at radius 1 is 1.00 bits per heavy atom. The smallest absolute Gasteiger partial charge is 0.319 e. The minimum absolute atomic E-state index is 0.0133. The first kappa shape index (κ1) is 27.9. The van der Waals surface area contributed by atoms with Crippen LogP contribution in [-0.4, -0.2) is 58.6 Å². The van der Waals surface area contributed by atoms with Crippen molar-refractivity contribution in [2.75, 3.05) is 26.8 Å². The number of methoxy groups -OCH3 is 1. The molecule has 1 aromatic carbocycles. The largest absolute Gasteiger partial charge is 0.477 e. The number of carbonyl (C=O) groups is 1. The maximum Gasteiger partial charge on any atom is 0.319 e. The van der Waals surface area contributed by atoms with Crippen LogP contribution in [0.5, 0.6) is 11.9 Å². The molecule has 218 valence electrons. The van der Waals surface area contributed by atoms with Crippen LogP contribution in [0, 0.1) is 11.8 Å². The van der Waals surface area contributed by atoms with Crippen molar-refractivity contribution in [2.45, 2.75) is 83.2 Å². The average molecular weight is 558 g/mol. The molecule has 1 aliphatic heterocycles. The molecule has 3 heterocycles. The fourth-order valence-electron chi connectivity index (χ4n) is 6.90. The van der Waals surface area contributed by atoms with Gasteiger partial charge in [-0.2, -0.15) is 9.97 Å². The third kappa shape index (κ3) is 6.80. The highest BCUT2D eigenvalue weighted by Crippen LogP contribution is 2.32. The van der Waals surface area contributed by atoms with Gasteiger partial charge in [-0.3, -0.25) is 14.7 Å². The number of rotatable bonds is 9. The number of fused-ring (bicyclic) bond motifs is 2. The second-order valence-corrected chi connectivity index (χ2v) is 12.1. The van der Waals surface area contributed by atoms with Crippen LogP contribution < -0.4 is 14.8 Å². The predicted octanol–water partition coefficient (Wildman–Crippen LogP) is 5.73. The highest BCUT2D eigenvalue weighted by atomic mass is 16.5. The Kier molecular flexibility index (Phi) is 8.94. The Bertz CT molecular complexity index is 1330. The van der Waals surface area contributed by atoms with Crippen LogP contribution in [0.4, 0.5) is 0 Å². The predicted molar refractivity (Wildman–Crippen MR) is 159 cm³/mol. The molecule has 3 aromatic rings. The third-order valence-electron chi connectivity index (χ3n) is 9.37. The van der Waals surface area contributed by atoms with Gasteiger partial charge >= 0.3 is 6.01 Å². The van der Waals surface area contributed by atoms with Crippen molar-refractivity contribution in [2.24, 2.45) is 11.8 Å². The summed E-state index contributed by atoms with van der Waals surface area (Å²) in [4.78, 5) is 29.3. The molecule has 41 heavy (non-hydrogen) atoms. The summed E-state index contributed by atoms with van der Waals surface area (Å²) < 4.78 is 11.7. The molecule has 8 nitrogen and oxygen atoms in total. The molecular weight excluding hydrogens is 514 g/mol. The highest BCUT2D eigenvalue weighted by Gasteiger charge is 2.27. The van der Waals surface area contributed by atoms with E-state index in [9.17, 15) is 4.79 Å². The van der Waals surface area contributed by atoms with Gasteiger partial charge in [0.25, 0.3) is 5.91 Å². The standard InChI is InChI=1S/C33H43N5O3/c1-40-33-36-30-17-20-38(21-28(30)32(37-33)41-22-24-7-3-2-4-8-24)19-16-23-12-14-25(15-13-23)35-31(39)27-9-5-11-29-26(27)10-6-18-34-29/h5-6,9-11,18,23-25H,2-4,7-8,12-17,19-22H2,1H3,(H,35,39). The highest BCUT2D eigenvalue weighted by molar-refractivity contribution is 6.06. The second-order valence-electron chi connectivity index (χ2n) is 12.1. The molecule has 0 bridgehead atoms. The maximum absolute atomic E-state index is 13.1.